The number of ether oxygens (including phenoxy) is 1. The third kappa shape index (κ3) is 5.78. The number of aromatic hydroxyl groups is 1. The van der Waals surface area contributed by atoms with E-state index in [1.54, 1.807) is 6.07 Å². The van der Waals surface area contributed by atoms with Crippen LogP contribution in [0.15, 0.2) is 49.1 Å². The Labute approximate surface area is 230 Å². The Kier molecular flexibility index (Phi) is 7.88. The van der Waals surface area contributed by atoms with Crippen LogP contribution in [0.2, 0.25) is 0 Å². The van der Waals surface area contributed by atoms with Crippen molar-refractivity contribution in [3.05, 3.63) is 60.3 Å². The molecular weight excluding hydrogens is 492 g/mol. The summed E-state index contributed by atoms with van der Waals surface area (Å²) < 4.78 is 6.35. The fourth-order valence-corrected chi connectivity index (χ4v) is 5.52. The molecule has 2 aliphatic rings. The number of hydrogen-bond acceptors (Lipinski definition) is 8. The highest BCUT2D eigenvalue weighted by Gasteiger charge is 2.29. The molecule has 9 nitrogen and oxygen atoms in total. The molecule has 0 saturated carbocycles. The van der Waals surface area contributed by atoms with Crippen molar-refractivity contribution in [2.24, 2.45) is 0 Å². The van der Waals surface area contributed by atoms with Crippen LogP contribution in [-0.2, 0) is 17.8 Å². The summed E-state index contributed by atoms with van der Waals surface area (Å²) in [5.41, 5.74) is 3.07. The summed E-state index contributed by atoms with van der Waals surface area (Å²) in [6.07, 6.45) is 2.97. The molecule has 1 saturated heterocycles. The summed E-state index contributed by atoms with van der Waals surface area (Å²) in [5.74, 6) is 1.12. The van der Waals surface area contributed by atoms with Gasteiger partial charge in [0.1, 0.15) is 17.7 Å². The first-order chi connectivity index (χ1) is 18.9. The van der Waals surface area contributed by atoms with Crippen LogP contribution < -0.4 is 14.5 Å². The standard InChI is InChI=1S/C30H38N6O3/c1-5-23(19-33(3)4)39-30-31-26-20-36(27-18-22(37)17-21-9-7-8-10-24(21)27)12-11-25(26)29(32-30)35-15-13-34(14-16-35)28(38)6-2/h6-10,17-18,23,37H,2,5,11-16,19-20H2,1,3-4H3/t23-/m1/s1. The topological polar surface area (TPSA) is 85.3 Å². The van der Waals surface area contributed by atoms with E-state index in [0.717, 1.165) is 59.5 Å². The number of amides is 1. The molecule has 2 aromatic carbocycles. The van der Waals surface area contributed by atoms with Crippen LogP contribution in [0.5, 0.6) is 11.8 Å². The third-order valence-electron chi connectivity index (χ3n) is 7.55. The Morgan fingerprint density at radius 2 is 1.90 bits per heavy atom. The average molecular weight is 531 g/mol. The molecular formula is C30H38N6O3. The summed E-state index contributed by atoms with van der Waals surface area (Å²) in [5, 5.41) is 12.6. The average Bonchev–Trinajstić information content (AvgIpc) is 2.95. The van der Waals surface area contributed by atoms with E-state index in [-0.39, 0.29) is 17.8 Å². The quantitative estimate of drug-likeness (QED) is 0.444. The van der Waals surface area contributed by atoms with E-state index in [1.165, 1.54) is 6.08 Å². The van der Waals surface area contributed by atoms with Gasteiger partial charge in [0, 0.05) is 62.0 Å². The van der Waals surface area contributed by atoms with Gasteiger partial charge < -0.3 is 29.4 Å². The SMILES string of the molecule is C=CC(=O)N1CCN(c2nc(O[C@H](CC)CN(C)C)nc3c2CCN(c2cc(O)cc4ccccc24)C3)CC1. The number of phenols is 1. The van der Waals surface area contributed by atoms with Crippen LogP contribution in [0.4, 0.5) is 11.5 Å². The molecule has 0 bridgehead atoms. The molecule has 2 aliphatic heterocycles. The number of carbonyl (C=O) groups excluding carboxylic acids is 1. The number of fused-ring (bicyclic) bond motifs is 2. The smallest absolute Gasteiger partial charge is 0.318 e. The summed E-state index contributed by atoms with van der Waals surface area (Å²) >= 11 is 0. The molecule has 9 heteroatoms. The van der Waals surface area contributed by atoms with Gasteiger partial charge in [0.15, 0.2) is 0 Å². The lowest BCUT2D eigenvalue weighted by Crippen LogP contribution is -2.49. The first kappa shape index (κ1) is 26.7. The zero-order chi connectivity index (χ0) is 27.5. The lowest BCUT2D eigenvalue weighted by atomic mass is 10.0. The van der Waals surface area contributed by atoms with Crippen molar-refractivity contribution in [2.75, 3.05) is 63.2 Å². The maximum Gasteiger partial charge on any atom is 0.318 e. The molecule has 206 valence electrons. The fraction of sp³-hybridized carbons (Fsp3) is 0.433. The minimum absolute atomic E-state index is 0.0253. The molecule has 0 unspecified atom stereocenters. The number of likely N-dealkylation sites (N-methyl/N-ethyl adjacent to an activating group) is 1. The molecule has 5 rings (SSSR count). The number of rotatable bonds is 8. The molecule has 1 fully saturated rings. The summed E-state index contributed by atoms with van der Waals surface area (Å²) in [6.45, 7) is 10.5. The van der Waals surface area contributed by atoms with E-state index in [0.29, 0.717) is 38.7 Å². The molecule has 3 heterocycles. The lowest BCUT2D eigenvalue weighted by molar-refractivity contribution is -0.126. The van der Waals surface area contributed by atoms with Crippen LogP contribution in [0.1, 0.15) is 24.6 Å². The van der Waals surface area contributed by atoms with E-state index in [1.807, 2.05) is 43.3 Å². The van der Waals surface area contributed by atoms with Gasteiger partial charge in [0.05, 0.1) is 12.2 Å². The normalized spacial score (nSPS) is 16.4. The number of phenolic OH excluding ortho intramolecular Hbond substituents is 1. The summed E-state index contributed by atoms with van der Waals surface area (Å²) in [4.78, 5) is 30.5. The zero-order valence-corrected chi connectivity index (χ0v) is 23.1. The number of piperazine rings is 1. The molecule has 1 N–H and O–H groups in total. The van der Waals surface area contributed by atoms with Crippen molar-refractivity contribution in [3.8, 4) is 11.8 Å². The van der Waals surface area contributed by atoms with E-state index in [2.05, 4.69) is 34.3 Å². The van der Waals surface area contributed by atoms with Crippen molar-refractivity contribution in [1.82, 2.24) is 19.8 Å². The highest BCUT2D eigenvalue weighted by molar-refractivity contribution is 5.95. The second kappa shape index (κ2) is 11.5. The van der Waals surface area contributed by atoms with Gasteiger partial charge >= 0.3 is 6.01 Å². The van der Waals surface area contributed by atoms with Crippen LogP contribution in [0.25, 0.3) is 10.8 Å². The number of aromatic nitrogens is 2. The van der Waals surface area contributed by atoms with Crippen molar-refractivity contribution < 1.29 is 14.6 Å². The van der Waals surface area contributed by atoms with Crippen molar-refractivity contribution >= 4 is 28.2 Å². The predicted octanol–water partition coefficient (Wildman–Crippen LogP) is 3.45. The molecule has 39 heavy (non-hydrogen) atoms. The number of hydrogen-bond donors (Lipinski definition) is 1. The maximum absolute atomic E-state index is 12.1. The molecule has 0 radical (unpaired) electrons. The minimum Gasteiger partial charge on any atom is -0.508 e. The Balaban J connectivity index is 1.49. The largest absolute Gasteiger partial charge is 0.508 e. The van der Waals surface area contributed by atoms with Crippen molar-refractivity contribution in [2.45, 2.75) is 32.4 Å². The van der Waals surface area contributed by atoms with Gasteiger partial charge in [-0.25, -0.2) is 0 Å². The Bertz CT molecular complexity index is 1350. The maximum atomic E-state index is 12.1. The number of anilines is 2. The second-order valence-electron chi connectivity index (χ2n) is 10.5. The van der Waals surface area contributed by atoms with E-state index in [9.17, 15) is 9.90 Å². The number of nitrogens with zero attached hydrogens (tertiary/aromatic N) is 6. The Morgan fingerprint density at radius 1 is 1.13 bits per heavy atom. The fourth-order valence-electron chi connectivity index (χ4n) is 5.52. The molecule has 0 spiro atoms. The van der Waals surface area contributed by atoms with Gasteiger partial charge in [0.2, 0.25) is 5.91 Å². The second-order valence-corrected chi connectivity index (χ2v) is 10.5. The first-order valence-corrected chi connectivity index (χ1v) is 13.7. The van der Waals surface area contributed by atoms with Gasteiger partial charge in [0.25, 0.3) is 0 Å². The molecule has 3 aromatic rings. The van der Waals surface area contributed by atoms with Gasteiger partial charge in [-0.05, 0) is 44.5 Å². The minimum atomic E-state index is -0.0353. The van der Waals surface area contributed by atoms with Crippen LogP contribution >= 0.6 is 0 Å². The monoisotopic (exact) mass is 530 g/mol. The predicted molar refractivity (Wildman–Crippen MR) is 155 cm³/mol. The third-order valence-corrected chi connectivity index (χ3v) is 7.55. The lowest BCUT2D eigenvalue weighted by Gasteiger charge is -2.38. The van der Waals surface area contributed by atoms with Gasteiger partial charge in [-0.15, -0.1) is 0 Å². The van der Waals surface area contributed by atoms with Crippen molar-refractivity contribution in [3.63, 3.8) is 0 Å². The van der Waals surface area contributed by atoms with E-state index < -0.39 is 0 Å². The molecule has 1 aromatic heterocycles. The molecule has 1 amide bonds. The number of carbonyl (C=O) groups is 1. The van der Waals surface area contributed by atoms with Crippen LogP contribution in [0.3, 0.4) is 0 Å². The Hall–Kier alpha value is -3.85. The van der Waals surface area contributed by atoms with E-state index >= 15 is 0 Å². The summed E-state index contributed by atoms with van der Waals surface area (Å²) in [6, 6.07) is 12.2. The molecule has 1 atom stereocenters. The Morgan fingerprint density at radius 3 is 2.62 bits per heavy atom. The number of benzene rings is 2. The highest BCUT2D eigenvalue weighted by atomic mass is 16.5. The zero-order valence-electron chi connectivity index (χ0n) is 23.1. The first-order valence-electron chi connectivity index (χ1n) is 13.7. The highest BCUT2D eigenvalue weighted by Crippen LogP contribution is 2.36. The van der Waals surface area contributed by atoms with Gasteiger partial charge in [-0.3, -0.25) is 4.79 Å². The van der Waals surface area contributed by atoms with Gasteiger partial charge in [-0.2, -0.15) is 9.97 Å². The van der Waals surface area contributed by atoms with Crippen LogP contribution in [0, 0.1) is 0 Å². The van der Waals surface area contributed by atoms with E-state index in [4.69, 9.17) is 14.7 Å². The van der Waals surface area contributed by atoms with Gasteiger partial charge in [-0.1, -0.05) is 37.8 Å². The summed E-state index contributed by atoms with van der Waals surface area (Å²) in [7, 11) is 4.07. The van der Waals surface area contributed by atoms with Crippen molar-refractivity contribution in [1.29, 1.82) is 0 Å². The molecule has 0 aliphatic carbocycles. The van der Waals surface area contributed by atoms with Crippen LogP contribution in [-0.4, -0.2) is 90.2 Å².